The van der Waals surface area contributed by atoms with E-state index in [-0.39, 0.29) is 0 Å². The highest BCUT2D eigenvalue weighted by molar-refractivity contribution is 6.08. The van der Waals surface area contributed by atoms with Crippen molar-refractivity contribution in [3.05, 3.63) is 89.5 Å². The number of aromatic nitrogens is 1. The van der Waals surface area contributed by atoms with Gasteiger partial charge in [-0.05, 0) is 49.2 Å². The molecule has 0 unspecified atom stereocenters. The fraction of sp³-hybridized carbons (Fsp3) is 0.200. The maximum atomic E-state index is 5.97. The average Bonchev–Trinajstić information content (AvgIpc) is 2.98. The highest BCUT2D eigenvalue weighted by Crippen LogP contribution is 2.30. The Bertz CT molecular complexity index is 1040. The van der Waals surface area contributed by atoms with Gasteiger partial charge in [-0.3, -0.25) is 0 Å². The molecule has 0 bridgehead atoms. The fourth-order valence-electron chi connectivity index (χ4n) is 3.67. The molecule has 0 amide bonds. The molecule has 0 spiro atoms. The summed E-state index contributed by atoms with van der Waals surface area (Å²) in [5.74, 6) is 0. The Balaban J connectivity index is 1.54. The summed E-state index contributed by atoms with van der Waals surface area (Å²) in [4.78, 5) is 0. The molecule has 0 aliphatic rings. The SMILES string of the molecule is C=Cc1ccc(COCCn2c3ccc(C)cc3c3cc(C)ccc32)cc1. The second-order valence-electron chi connectivity index (χ2n) is 7.19. The number of rotatable bonds is 6. The van der Waals surface area contributed by atoms with Gasteiger partial charge in [-0.2, -0.15) is 0 Å². The molecule has 3 aromatic carbocycles. The molecule has 0 aliphatic carbocycles. The van der Waals surface area contributed by atoms with Crippen molar-refractivity contribution in [1.82, 2.24) is 4.57 Å². The average molecular weight is 355 g/mol. The quantitative estimate of drug-likeness (QED) is 0.372. The van der Waals surface area contributed by atoms with Crippen LogP contribution >= 0.6 is 0 Å². The summed E-state index contributed by atoms with van der Waals surface area (Å²) in [6.07, 6.45) is 1.86. The molecule has 0 atom stereocenters. The lowest BCUT2D eigenvalue weighted by molar-refractivity contribution is 0.114. The van der Waals surface area contributed by atoms with E-state index in [2.05, 4.69) is 85.7 Å². The van der Waals surface area contributed by atoms with Crippen LogP contribution in [-0.4, -0.2) is 11.2 Å². The zero-order valence-electron chi connectivity index (χ0n) is 16.0. The number of aryl methyl sites for hydroxylation is 2. The van der Waals surface area contributed by atoms with Crippen LogP contribution in [0.1, 0.15) is 22.3 Å². The minimum absolute atomic E-state index is 0.632. The summed E-state index contributed by atoms with van der Waals surface area (Å²) >= 11 is 0. The van der Waals surface area contributed by atoms with Gasteiger partial charge in [0.25, 0.3) is 0 Å². The monoisotopic (exact) mass is 355 g/mol. The zero-order chi connectivity index (χ0) is 18.8. The van der Waals surface area contributed by atoms with Crippen LogP contribution in [0.15, 0.2) is 67.2 Å². The molecule has 0 radical (unpaired) electrons. The predicted octanol–water partition coefficient (Wildman–Crippen LogP) is 6.27. The van der Waals surface area contributed by atoms with Gasteiger partial charge in [0.2, 0.25) is 0 Å². The van der Waals surface area contributed by atoms with Crippen LogP contribution < -0.4 is 0 Å². The van der Waals surface area contributed by atoms with Crippen LogP contribution in [0, 0.1) is 13.8 Å². The lowest BCUT2D eigenvalue weighted by Crippen LogP contribution is -2.06. The molecule has 27 heavy (non-hydrogen) atoms. The van der Waals surface area contributed by atoms with Crippen LogP contribution in [0.4, 0.5) is 0 Å². The molecule has 1 aromatic heterocycles. The molecule has 0 saturated heterocycles. The van der Waals surface area contributed by atoms with Crippen LogP contribution in [0.5, 0.6) is 0 Å². The molecule has 4 rings (SSSR count). The Hall–Kier alpha value is -2.84. The smallest absolute Gasteiger partial charge is 0.0717 e. The van der Waals surface area contributed by atoms with E-state index in [1.54, 1.807) is 0 Å². The van der Waals surface area contributed by atoms with Crippen LogP contribution in [0.3, 0.4) is 0 Å². The second kappa shape index (κ2) is 7.42. The van der Waals surface area contributed by atoms with Gasteiger partial charge < -0.3 is 9.30 Å². The van der Waals surface area contributed by atoms with Gasteiger partial charge in [0, 0.05) is 28.4 Å². The lowest BCUT2D eigenvalue weighted by atomic mass is 10.1. The Morgan fingerprint density at radius 2 is 1.44 bits per heavy atom. The summed E-state index contributed by atoms with van der Waals surface area (Å²) in [6.45, 7) is 10.3. The van der Waals surface area contributed by atoms with Gasteiger partial charge in [-0.25, -0.2) is 0 Å². The van der Waals surface area contributed by atoms with Crippen molar-refractivity contribution < 1.29 is 4.74 Å². The first-order valence-corrected chi connectivity index (χ1v) is 9.44. The van der Waals surface area contributed by atoms with Crippen LogP contribution in [-0.2, 0) is 17.9 Å². The second-order valence-corrected chi connectivity index (χ2v) is 7.19. The van der Waals surface area contributed by atoms with Crippen LogP contribution in [0.2, 0.25) is 0 Å². The Kier molecular flexibility index (Phi) is 4.83. The van der Waals surface area contributed by atoms with Gasteiger partial charge in [0.05, 0.1) is 13.2 Å². The number of hydrogen-bond donors (Lipinski definition) is 0. The van der Waals surface area contributed by atoms with E-state index in [9.17, 15) is 0 Å². The van der Waals surface area contributed by atoms with Crippen LogP contribution in [0.25, 0.3) is 27.9 Å². The van der Waals surface area contributed by atoms with E-state index in [4.69, 9.17) is 4.74 Å². The summed E-state index contributed by atoms with van der Waals surface area (Å²) < 4.78 is 8.34. The van der Waals surface area contributed by atoms with Crippen molar-refractivity contribution in [2.24, 2.45) is 0 Å². The van der Waals surface area contributed by atoms with E-state index in [0.29, 0.717) is 13.2 Å². The standard InChI is InChI=1S/C25H25NO/c1-4-20-7-9-21(10-8-20)17-27-14-13-26-24-11-5-18(2)15-22(24)23-16-19(3)6-12-25(23)26/h4-12,15-16H,1,13-14,17H2,2-3H3. The molecule has 0 N–H and O–H groups in total. The molecule has 0 saturated carbocycles. The topological polar surface area (TPSA) is 14.2 Å². The Morgan fingerprint density at radius 1 is 0.852 bits per heavy atom. The maximum absolute atomic E-state index is 5.97. The molecule has 1 heterocycles. The minimum atomic E-state index is 0.632. The third-order valence-corrected chi connectivity index (χ3v) is 5.12. The van der Waals surface area contributed by atoms with Gasteiger partial charge in [-0.1, -0.05) is 60.2 Å². The first kappa shape index (κ1) is 17.6. The zero-order valence-corrected chi connectivity index (χ0v) is 16.0. The molecular formula is C25H25NO. The van der Waals surface area contributed by atoms with E-state index in [0.717, 1.165) is 12.1 Å². The van der Waals surface area contributed by atoms with E-state index >= 15 is 0 Å². The molecule has 0 fully saturated rings. The summed E-state index contributed by atoms with van der Waals surface area (Å²) in [5.41, 5.74) is 7.47. The third-order valence-electron chi connectivity index (χ3n) is 5.12. The highest BCUT2D eigenvalue weighted by atomic mass is 16.5. The van der Waals surface area contributed by atoms with Gasteiger partial charge in [0.15, 0.2) is 0 Å². The predicted molar refractivity (Wildman–Crippen MR) is 115 cm³/mol. The van der Waals surface area contributed by atoms with Crippen molar-refractivity contribution in [3.63, 3.8) is 0 Å². The number of hydrogen-bond acceptors (Lipinski definition) is 1. The van der Waals surface area contributed by atoms with E-state index in [1.165, 1.54) is 38.5 Å². The number of nitrogens with zero attached hydrogens (tertiary/aromatic N) is 1. The van der Waals surface area contributed by atoms with Crippen molar-refractivity contribution in [3.8, 4) is 0 Å². The van der Waals surface area contributed by atoms with Crippen molar-refractivity contribution in [1.29, 1.82) is 0 Å². The van der Waals surface area contributed by atoms with Gasteiger partial charge in [-0.15, -0.1) is 0 Å². The first-order chi connectivity index (χ1) is 13.2. The van der Waals surface area contributed by atoms with E-state index < -0.39 is 0 Å². The van der Waals surface area contributed by atoms with E-state index in [1.807, 2.05) is 6.08 Å². The number of ether oxygens (including phenoxy) is 1. The van der Waals surface area contributed by atoms with Crippen molar-refractivity contribution >= 4 is 27.9 Å². The Morgan fingerprint density at radius 3 is 2.00 bits per heavy atom. The highest BCUT2D eigenvalue weighted by Gasteiger charge is 2.10. The number of fused-ring (bicyclic) bond motifs is 3. The van der Waals surface area contributed by atoms with Crippen molar-refractivity contribution in [2.75, 3.05) is 6.61 Å². The van der Waals surface area contributed by atoms with Gasteiger partial charge >= 0.3 is 0 Å². The molecule has 2 heteroatoms. The maximum Gasteiger partial charge on any atom is 0.0717 e. The Labute approximate surface area is 160 Å². The molecule has 4 aromatic rings. The summed E-state index contributed by atoms with van der Waals surface area (Å²) in [7, 11) is 0. The largest absolute Gasteiger partial charge is 0.375 e. The fourth-order valence-corrected chi connectivity index (χ4v) is 3.67. The molecule has 2 nitrogen and oxygen atoms in total. The minimum Gasteiger partial charge on any atom is -0.375 e. The molecule has 0 aliphatic heterocycles. The molecular weight excluding hydrogens is 330 g/mol. The first-order valence-electron chi connectivity index (χ1n) is 9.44. The normalized spacial score (nSPS) is 11.3. The molecule has 136 valence electrons. The third kappa shape index (κ3) is 3.54. The van der Waals surface area contributed by atoms with Gasteiger partial charge in [0.1, 0.15) is 0 Å². The lowest BCUT2D eigenvalue weighted by Gasteiger charge is -2.09. The number of benzene rings is 3. The summed E-state index contributed by atoms with van der Waals surface area (Å²) in [6, 6.07) is 21.8. The summed E-state index contributed by atoms with van der Waals surface area (Å²) in [5, 5.41) is 2.66. The van der Waals surface area contributed by atoms with Crippen molar-refractivity contribution in [2.45, 2.75) is 27.0 Å².